The van der Waals surface area contributed by atoms with Gasteiger partial charge in [-0.15, -0.1) is 0 Å². The maximum atomic E-state index is 13.3. The van der Waals surface area contributed by atoms with Gasteiger partial charge in [-0.25, -0.2) is 0 Å². The molecule has 2 saturated heterocycles. The quantitative estimate of drug-likeness (QED) is 0.0204. The maximum absolute atomic E-state index is 13.3. The van der Waals surface area contributed by atoms with E-state index < -0.39 is 86.8 Å². The summed E-state index contributed by atoms with van der Waals surface area (Å²) in [6.45, 7) is 2.80. The summed E-state index contributed by atoms with van der Waals surface area (Å²) in [7, 11) is 0. The highest BCUT2D eigenvalue weighted by atomic mass is 16.7. The molecule has 0 spiro atoms. The van der Waals surface area contributed by atoms with Gasteiger partial charge in [0.15, 0.2) is 12.6 Å². The highest BCUT2D eigenvalue weighted by Gasteiger charge is 2.51. The van der Waals surface area contributed by atoms with Crippen LogP contribution in [0.2, 0.25) is 0 Å². The van der Waals surface area contributed by atoms with Crippen LogP contribution in [0.25, 0.3) is 0 Å². The average molecular weight is 1290 g/mol. The van der Waals surface area contributed by atoms with Crippen molar-refractivity contribution < 1.29 is 64.6 Å². The lowest BCUT2D eigenvalue weighted by Crippen LogP contribution is -2.65. The van der Waals surface area contributed by atoms with Crippen LogP contribution in [0.4, 0.5) is 0 Å². The van der Waals surface area contributed by atoms with Crippen LogP contribution in [-0.4, -0.2) is 140 Å². The van der Waals surface area contributed by atoms with E-state index in [-0.39, 0.29) is 18.9 Å². The number of hydrogen-bond donors (Lipinski definition) is 9. The van der Waals surface area contributed by atoms with Crippen molar-refractivity contribution in [2.75, 3.05) is 19.8 Å². The lowest BCUT2D eigenvalue weighted by molar-refractivity contribution is -0.359. The number of aliphatic hydroxyl groups is 8. The van der Waals surface area contributed by atoms with Gasteiger partial charge in [-0.3, -0.25) is 4.79 Å². The number of allylic oxidation sites excluding steroid dienone is 7. The number of rotatable bonds is 64. The topological polar surface area (TPSA) is 228 Å². The van der Waals surface area contributed by atoms with Gasteiger partial charge in [0.25, 0.3) is 0 Å². The fourth-order valence-electron chi connectivity index (χ4n) is 12.6. The average Bonchev–Trinajstić information content (AvgIpc) is 1.24. The summed E-state index contributed by atoms with van der Waals surface area (Å²) in [5.41, 5.74) is 0. The molecule has 0 radical (unpaired) electrons. The van der Waals surface area contributed by atoms with E-state index in [4.69, 9.17) is 18.9 Å². The molecule has 9 N–H and O–H groups in total. The van der Waals surface area contributed by atoms with E-state index in [0.29, 0.717) is 12.8 Å². The Labute approximate surface area is 556 Å². The third kappa shape index (κ3) is 45.2. The molecule has 0 aliphatic carbocycles. The van der Waals surface area contributed by atoms with Crippen LogP contribution in [0.15, 0.2) is 48.6 Å². The molecule has 0 saturated carbocycles. The molecule has 0 bridgehead atoms. The van der Waals surface area contributed by atoms with Crippen molar-refractivity contribution in [2.24, 2.45) is 0 Å². The summed E-state index contributed by atoms with van der Waals surface area (Å²) in [4.78, 5) is 13.3. The zero-order valence-corrected chi connectivity index (χ0v) is 58.3. The summed E-state index contributed by atoms with van der Waals surface area (Å²) >= 11 is 0. The van der Waals surface area contributed by atoms with Gasteiger partial charge in [-0.05, 0) is 64.2 Å². The first kappa shape index (κ1) is 85.0. The van der Waals surface area contributed by atoms with Gasteiger partial charge in [0.2, 0.25) is 5.91 Å². The number of aliphatic hydroxyl groups excluding tert-OH is 8. The molecule has 2 fully saturated rings. The van der Waals surface area contributed by atoms with Gasteiger partial charge in [-0.2, -0.15) is 0 Å². The second-order valence-electron chi connectivity index (χ2n) is 27.1. The predicted molar refractivity (Wildman–Crippen MR) is 374 cm³/mol. The van der Waals surface area contributed by atoms with Crippen LogP contribution in [-0.2, 0) is 23.7 Å². The van der Waals surface area contributed by atoms with Crippen LogP contribution in [0.1, 0.15) is 341 Å². The lowest BCUT2D eigenvalue weighted by atomic mass is 9.97. The number of unbranched alkanes of at least 4 members (excludes halogenated alkanes) is 45. The zero-order chi connectivity index (χ0) is 65.9. The second-order valence-corrected chi connectivity index (χ2v) is 27.1. The Kier molecular flexibility index (Phi) is 57.5. The monoisotopic (exact) mass is 1290 g/mol. The highest BCUT2D eigenvalue weighted by molar-refractivity contribution is 5.76. The zero-order valence-electron chi connectivity index (χ0n) is 58.3. The summed E-state index contributed by atoms with van der Waals surface area (Å²) in [6.07, 6.45) is 65.0. The SMILES string of the molecule is CCCCCCC/C=C\C/C=C\CCCCCCCCCCCCCCCCCCCCCCCCCCCCCCCC(=O)NC(COC1OC(CO)C(OC2OC(CO)C(O)C(O)C2O)C(O)C1O)C(O)/C=C/CC/C=C/CCCCCCCCCCCC. The summed E-state index contributed by atoms with van der Waals surface area (Å²) in [5.74, 6) is -0.243. The van der Waals surface area contributed by atoms with Crippen molar-refractivity contribution >= 4 is 5.91 Å². The lowest BCUT2D eigenvalue weighted by Gasteiger charge is -2.46. The second kappa shape index (κ2) is 61.5. The fraction of sp³-hybridized carbons (Fsp3) is 0.883. The summed E-state index contributed by atoms with van der Waals surface area (Å²) in [6, 6.07) is -0.930. The van der Waals surface area contributed by atoms with Crippen molar-refractivity contribution in [3.8, 4) is 0 Å². The Hall–Kier alpha value is -2.05. The van der Waals surface area contributed by atoms with E-state index in [9.17, 15) is 45.6 Å². The normalized spacial score (nSPS) is 23.0. The Morgan fingerprint density at radius 2 is 0.736 bits per heavy atom. The van der Waals surface area contributed by atoms with E-state index in [0.717, 1.165) is 38.5 Å². The van der Waals surface area contributed by atoms with Gasteiger partial charge in [0.1, 0.15) is 48.8 Å². The molecule has 1 amide bonds. The molecule has 12 unspecified atom stereocenters. The van der Waals surface area contributed by atoms with E-state index in [1.807, 2.05) is 6.08 Å². The van der Waals surface area contributed by atoms with Crippen LogP contribution in [0.5, 0.6) is 0 Å². The van der Waals surface area contributed by atoms with Gasteiger partial charge in [-0.1, -0.05) is 319 Å². The van der Waals surface area contributed by atoms with Crippen molar-refractivity contribution in [1.82, 2.24) is 5.32 Å². The molecule has 91 heavy (non-hydrogen) atoms. The van der Waals surface area contributed by atoms with Crippen LogP contribution in [0, 0.1) is 0 Å². The molecule has 2 aliphatic heterocycles. The van der Waals surface area contributed by atoms with E-state index in [1.165, 1.54) is 270 Å². The van der Waals surface area contributed by atoms with Gasteiger partial charge in [0.05, 0.1) is 32.0 Å². The molecule has 2 aliphatic rings. The van der Waals surface area contributed by atoms with E-state index >= 15 is 0 Å². The van der Waals surface area contributed by atoms with Crippen molar-refractivity contribution in [2.45, 2.75) is 415 Å². The first-order valence-corrected chi connectivity index (χ1v) is 38.4. The standard InChI is InChI=1S/C77H143NO13/c1-3-5-7-9-11-13-15-17-19-21-22-23-24-25-26-27-28-29-30-31-32-33-34-35-36-37-38-39-40-41-42-43-44-45-47-49-51-53-55-57-59-61-69(82)78-65(66(81)60-58-56-54-52-50-48-46-20-18-16-14-12-10-8-6-4-2)64-88-76-74(87)72(85)75(68(63-80)90-76)91-77-73(86)71(84)70(83)67(62-79)89-77/h15,17,21-22,50,52,58,60,65-68,70-77,79-81,83-87H,3-14,16,18-20,23-49,51,53-57,59,61-64H2,1-2H3,(H,78,82)/b17-15-,22-21-,52-50+,60-58+. The summed E-state index contributed by atoms with van der Waals surface area (Å²) < 4.78 is 22.8. The fourth-order valence-corrected chi connectivity index (χ4v) is 12.6. The molecule has 12 atom stereocenters. The molecule has 14 heteroatoms. The molecule has 534 valence electrons. The molecule has 0 aromatic carbocycles. The van der Waals surface area contributed by atoms with Gasteiger partial charge in [0, 0.05) is 6.42 Å². The number of hydrogen-bond acceptors (Lipinski definition) is 13. The van der Waals surface area contributed by atoms with Crippen LogP contribution in [0.3, 0.4) is 0 Å². The molecular formula is C77H143NO13. The smallest absolute Gasteiger partial charge is 0.220 e. The maximum Gasteiger partial charge on any atom is 0.220 e. The Morgan fingerprint density at radius 3 is 1.14 bits per heavy atom. The minimum absolute atomic E-state index is 0.243. The largest absolute Gasteiger partial charge is 0.394 e. The van der Waals surface area contributed by atoms with Crippen LogP contribution < -0.4 is 5.32 Å². The number of ether oxygens (including phenoxy) is 4. The molecule has 0 aromatic heterocycles. The van der Waals surface area contributed by atoms with Crippen molar-refractivity contribution in [1.29, 1.82) is 0 Å². The number of amides is 1. The Morgan fingerprint density at radius 1 is 0.396 bits per heavy atom. The first-order chi connectivity index (χ1) is 44.6. The molecule has 2 rings (SSSR count). The first-order valence-electron chi connectivity index (χ1n) is 38.4. The Balaban J connectivity index is 1.54. The molecule has 2 heterocycles. The van der Waals surface area contributed by atoms with E-state index in [2.05, 4.69) is 55.6 Å². The van der Waals surface area contributed by atoms with Crippen molar-refractivity contribution in [3.05, 3.63) is 48.6 Å². The number of nitrogens with one attached hydrogen (secondary N) is 1. The van der Waals surface area contributed by atoms with Crippen LogP contribution >= 0.6 is 0 Å². The third-order valence-corrected chi connectivity index (χ3v) is 18.7. The molecular weight excluding hydrogens is 1150 g/mol. The summed E-state index contributed by atoms with van der Waals surface area (Å²) in [5, 5.41) is 87.4. The number of carbonyl (C=O) groups excluding carboxylic acids is 1. The van der Waals surface area contributed by atoms with Gasteiger partial charge >= 0.3 is 0 Å². The Bertz CT molecular complexity index is 1710. The molecule has 14 nitrogen and oxygen atoms in total. The minimum atomic E-state index is -1.79. The molecule has 0 aromatic rings. The van der Waals surface area contributed by atoms with E-state index in [1.54, 1.807) is 6.08 Å². The third-order valence-electron chi connectivity index (χ3n) is 18.7. The predicted octanol–water partition coefficient (Wildman–Crippen LogP) is 16.6. The highest BCUT2D eigenvalue weighted by Crippen LogP contribution is 2.30. The number of carbonyl (C=O) groups is 1. The van der Waals surface area contributed by atoms with Crippen molar-refractivity contribution in [3.63, 3.8) is 0 Å². The minimum Gasteiger partial charge on any atom is -0.394 e. The van der Waals surface area contributed by atoms with Gasteiger partial charge < -0.3 is 65.1 Å².